The van der Waals surface area contributed by atoms with Gasteiger partial charge in [0.15, 0.2) is 5.92 Å². The summed E-state index contributed by atoms with van der Waals surface area (Å²) < 4.78 is 5.52. The fourth-order valence-electron chi connectivity index (χ4n) is 3.25. The van der Waals surface area contributed by atoms with Crippen LogP contribution in [-0.2, 0) is 36.9 Å². The second kappa shape index (κ2) is 11.2. The summed E-state index contributed by atoms with van der Waals surface area (Å²) in [4.78, 5) is 55.6. The molecule has 0 radical (unpaired) electrons. The highest BCUT2D eigenvalue weighted by molar-refractivity contribution is 9.10. The Morgan fingerprint density at radius 3 is 2.45 bits per heavy atom. The fraction of sp³-hybridized carbons (Fsp3) is 0.261. The highest BCUT2D eigenvalue weighted by Gasteiger charge is 2.43. The number of hydrogen-bond acceptors (Lipinski definition) is 5. The molecule has 1 N–H and O–H groups in total. The number of nitrogens with one attached hydrogen (secondary N) is 1. The molecule has 2 aromatic rings. The molecule has 1 aliphatic heterocycles. The molecule has 1 unspecified atom stereocenters. The van der Waals surface area contributed by atoms with Gasteiger partial charge >= 0.3 is 5.97 Å². The first kappa shape index (κ1) is 24.6. The third-order valence-electron chi connectivity index (χ3n) is 4.88. The van der Waals surface area contributed by atoms with E-state index in [9.17, 15) is 19.2 Å². The first-order valence-electron chi connectivity index (χ1n) is 10.1. The molecule has 172 valence electrons. The van der Waals surface area contributed by atoms with Crippen molar-refractivity contribution in [3.63, 3.8) is 0 Å². The van der Waals surface area contributed by atoms with Crippen molar-refractivity contribution < 1.29 is 23.9 Å². The van der Waals surface area contributed by atoms with Crippen LogP contribution in [0.25, 0.3) is 0 Å². The van der Waals surface area contributed by atoms with Crippen molar-refractivity contribution in [1.29, 1.82) is 0 Å². The summed E-state index contributed by atoms with van der Waals surface area (Å²) >= 11 is 9.72. The summed E-state index contributed by atoms with van der Waals surface area (Å²) in [6.07, 6.45) is 0.124. The summed E-state index contributed by atoms with van der Waals surface area (Å²) in [7, 11) is 0. The average Bonchev–Trinajstić information content (AvgIpc) is 2.78. The van der Waals surface area contributed by atoms with Gasteiger partial charge in [0.25, 0.3) is 11.8 Å². The Morgan fingerprint density at radius 1 is 1.12 bits per heavy atom. The van der Waals surface area contributed by atoms with E-state index in [0.29, 0.717) is 10.6 Å². The molecule has 3 rings (SSSR count). The lowest BCUT2D eigenvalue weighted by atomic mass is 10.0. The van der Waals surface area contributed by atoms with Crippen molar-refractivity contribution in [3.8, 4) is 0 Å². The van der Waals surface area contributed by atoms with Gasteiger partial charge in [-0.05, 0) is 30.2 Å². The lowest BCUT2D eigenvalue weighted by molar-refractivity contribution is -0.149. The van der Waals surface area contributed by atoms with Gasteiger partial charge in [-0.25, -0.2) is 0 Å². The molecule has 1 heterocycles. The zero-order chi connectivity index (χ0) is 24.0. The van der Waals surface area contributed by atoms with Crippen molar-refractivity contribution in [2.24, 2.45) is 10.9 Å². The first-order chi connectivity index (χ1) is 15.8. The molecule has 0 saturated heterocycles. The number of halogens is 2. The van der Waals surface area contributed by atoms with Gasteiger partial charge in [-0.1, -0.05) is 63.9 Å². The van der Waals surface area contributed by atoms with Gasteiger partial charge in [0, 0.05) is 15.9 Å². The summed E-state index contributed by atoms with van der Waals surface area (Å²) in [5.74, 6) is -4.72. The normalized spacial score (nSPS) is 15.8. The third-order valence-corrected chi connectivity index (χ3v) is 6.02. The third kappa shape index (κ3) is 6.06. The Morgan fingerprint density at radius 2 is 1.79 bits per heavy atom. The Hall–Kier alpha value is -3.04. The molecule has 1 atom stereocenters. The van der Waals surface area contributed by atoms with Gasteiger partial charge in [-0.15, -0.1) is 0 Å². The number of hydrogen-bond donors (Lipinski definition) is 1. The number of rotatable bonds is 8. The standard InChI is InChI=1S/C23H21BrClN3O5/c1-2-33-19(29)12-26-21(30)20-22(31)27-18(11-14-7-4-6-10-17(14)25)28(23(20)32)13-15-8-3-5-9-16(15)24/h3-10,20H,2,11-13H2,1H3,(H,26,30). The Labute approximate surface area is 204 Å². The molecule has 8 nitrogen and oxygen atoms in total. The largest absolute Gasteiger partial charge is 0.465 e. The monoisotopic (exact) mass is 533 g/mol. The number of aliphatic imine (C=N–C) groups is 1. The van der Waals surface area contributed by atoms with E-state index in [4.69, 9.17) is 16.3 Å². The van der Waals surface area contributed by atoms with E-state index in [1.165, 1.54) is 4.90 Å². The number of benzene rings is 2. The van der Waals surface area contributed by atoms with E-state index in [1.54, 1.807) is 31.2 Å². The minimum atomic E-state index is -1.70. The fourth-order valence-corrected chi connectivity index (χ4v) is 3.86. The summed E-state index contributed by atoms with van der Waals surface area (Å²) in [6.45, 7) is 1.40. The number of esters is 1. The van der Waals surface area contributed by atoms with Crippen molar-refractivity contribution in [2.75, 3.05) is 13.2 Å². The summed E-state index contributed by atoms with van der Waals surface area (Å²) in [5, 5.41) is 2.75. The highest BCUT2D eigenvalue weighted by atomic mass is 79.9. The molecule has 10 heteroatoms. The molecule has 2 aromatic carbocycles. The van der Waals surface area contributed by atoms with Crippen LogP contribution in [-0.4, -0.2) is 47.6 Å². The predicted octanol–water partition coefficient (Wildman–Crippen LogP) is 2.91. The smallest absolute Gasteiger partial charge is 0.325 e. The van der Waals surface area contributed by atoms with Gasteiger partial charge in [0.05, 0.1) is 13.2 Å². The molecule has 0 aromatic heterocycles. The maximum Gasteiger partial charge on any atom is 0.325 e. The van der Waals surface area contributed by atoms with Crippen molar-refractivity contribution in [2.45, 2.75) is 19.9 Å². The number of ether oxygens (including phenoxy) is 1. The molecule has 0 spiro atoms. The minimum Gasteiger partial charge on any atom is -0.465 e. The Balaban J connectivity index is 1.91. The van der Waals surface area contributed by atoms with Crippen molar-refractivity contribution in [3.05, 3.63) is 69.2 Å². The topological polar surface area (TPSA) is 105 Å². The maximum atomic E-state index is 13.3. The SMILES string of the molecule is CCOC(=O)CNC(=O)C1C(=O)N=C(Cc2ccccc2Cl)N(Cc2ccccc2Br)C1=O. The quantitative estimate of drug-likeness (QED) is 0.414. The molecular weight excluding hydrogens is 514 g/mol. The number of amides is 3. The number of nitrogens with zero attached hydrogens (tertiary/aromatic N) is 2. The lowest BCUT2D eigenvalue weighted by Gasteiger charge is -2.31. The molecule has 33 heavy (non-hydrogen) atoms. The van der Waals surface area contributed by atoms with Crippen LogP contribution in [0.15, 0.2) is 58.0 Å². The maximum absolute atomic E-state index is 13.3. The highest BCUT2D eigenvalue weighted by Crippen LogP contribution is 2.25. The van der Waals surface area contributed by atoms with Gasteiger partial charge in [0.1, 0.15) is 12.4 Å². The number of amidine groups is 1. The zero-order valence-corrected chi connectivity index (χ0v) is 20.1. The second-order valence-corrected chi connectivity index (χ2v) is 8.37. The average molecular weight is 535 g/mol. The molecule has 0 fully saturated rings. The van der Waals surface area contributed by atoms with E-state index in [1.807, 2.05) is 24.3 Å². The van der Waals surface area contributed by atoms with Crippen LogP contribution in [0.2, 0.25) is 5.02 Å². The van der Waals surface area contributed by atoms with Crippen LogP contribution >= 0.6 is 27.5 Å². The second-order valence-electron chi connectivity index (χ2n) is 7.11. The zero-order valence-electron chi connectivity index (χ0n) is 17.7. The summed E-state index contributed by atoms with van der Waals surface area (Å²) in [5.41, 5.74) is 1.44. The van der Waals surface area contributed by atoms with E-state index in [0.717, 1.165) is 10.0 Å². The van der Waals surface area contributed by atoms with Crippen LogP contribution < -0.4 is 5.32 Å². The van der Waals surface area contributed by atoms with Crippen LogP contribution in [0.5, 0.6) is 0 Å². The molecule has 0 saturated carbocycles. The van der Waals surface area contributed by atoms with Crippen LogP contribution in [0.3, 0.4) is 0 Å². The molecule has 0 aliphatic carbocycles. The van der Waals surface area contributed by atoms with Crippen LogP contribution in [0.1, 0.15) is 18.1 Å². The van der Waals surface area contributed by atoms with E-state index >= 15 is 0 Å². The molecule has 3 amide bonds. The van der Waals surface area contributed by atoms with E-state index < -0.39 is 36.2 Å². The van der Waals surface area contributed by atoms with E-state index in [-0.39, 0.29) is 25.4 Å². The predicted molar refractivity (Wildman–Crippen MR) is 125 cm³/mol. The van der Waals surface area contributed by atoms with Gasteiger partial charge in [0.2, 0.25) is 5.91 Å². The molecular formula is C23H21BrClN3O5. The van der Waals surface area contributed by atoms with Crippen molar-refractivity contribution in [1.82, 2.24) is 10.2 Å². The van der Waals surface area contributed by atoms with Crippen LogP contribution in [0, 0.1) is 5.92 Å². The van der Waals surface area contributed by atoms with Gasteiger partial charge < -0.3 is 10.1 Å². The molecule has 0 bridgehead atoms. The lowest BCUT2D eigenvalue weighted by Crippen LogP contribution is -2.53. The summed E-state index contributed by atoms with van der Waals surface area (Å²) in [6, 6.07) is 14.3. The minimum absolute atomic E-state index is 0.0818. The first-order valence-corrected chi connectivity index (χ1v) is 11.3. The van der Waals surface area contributed by atoms with Crippen LogP contribution in [0.4, 0.5) is 0 Å². The Kier molecular flexibility index (Phi) is 8.35. The van der Waals surface area contributed by atoms with Crippen molar-refractivity contribution >= 4 is 57.1 Å². The number of carbonyl (C=O) groups is 4. The van der Waals surface area contributed by atoms with Gasteiger partial charge in [-0.2, -0.15) is 4.99 Å². The van der Waals surface area contributed by atoms with E-state index in [2.05, 4.69) is 26.2 Å². The Bertz CT molecular complexity index is 1120. The number of carbonyl (C=O) groups excluding carboxylic acids is 4. The molecule has 1 aliphatic rings. The van der Waals surface area contributed by atoms with Gasteiger partial charge in [-0.3, -0.25) is 24.1 Å².